The second-order valence-corrected chi connectivity index (χ2v) is 0.866. The molecular formula is H6O6P3Ru. The van der Waals surface area contributed by atoms with Gasteiger partial charge in [-0.05, 0) is 26.1 Å². The molecule has 3 atom stereocenters. The van der Waals surface area contributed by atoms with E-state index in [1.54, 1.807) is 0 Å². The third-order valence-corrected chi connectivity index (χ3v) is 0. The Morgan fingerprint density at radius 2 is 0.700 bits per heavy atom. The summed E-state index contributed by atoms with van der Waals surface area (Å²) >= 11 is 0. The molecule has 0 saturated heterocycles. The molecule has 0 amide bonds. The first-order chi connectivity index (χ1) is 4.24. The molecule has 0 aromatic heterocycles. The summed E-state index contributed by atoms with van der Waals surface area (Å²) in [5.41, 5.74) is 0. The SMILES string of the molecule is O=[PH2][O-].O=[PH2][O-].O=[PH2][O-].[Ru+3]. The van der Waals surface area contributed by atoms with Crippen LogP contribution in [0.15, 0.2) is 0 Å². The molecular weight excluding hydrogens is 290 g/mol. The van der Waals surface area contributed by atoms with E-state index in [4.69, 9.17) is 28.4 Å². The first-order valence-corrected chi connectivity index (χ1v) is 4.24. The van der Waals surface area contributed by atoms with Gasteiger partial charge in [-0.3, -0.25) is 0 Å². The largest absolute Gasteiger partial charge is 3.00 e. The first kappa shape index (κ1) is 22.5. The van der Waals surface area contributed by atoms with Crippen molar-refractivity contribution in [2.45, 2.75) is 0 Å². The summed E-state index contributed by atoms with van der Waals surface area (Å²) in [7, 11) is -5.25. The van der Waals surface area contributed by atoms with E-state index < -0.39 is 26.1 Å². The van der Waals surface area contributed by atoms with Gasteiger partial charge >= 0.3 is 19.5 Å². The topological polar surface area (TPSA) is 120 Å². The molecule has 0 heterocycles. The van der Waals surface area contributed by atoms with Gasteiger partial charge in [-0.1, -0.05) is 0 Å². The Balaban J connectivity index is -0.0000000257. The van der Waals surface area contributed by atoms with Gasteiger partial charge < -0.3 is 28.4 Å². The van der Waals surface area contributed by atoms with Gasteiger partial charge in [-0.2, -0.15) is 0 Å². The summed E-state index contributed by atoms with van der Waals surface area (Å²) in [6, 6.07) is 0. The van der Waals surface area contributed by atoms with E-state index in [1.165, 1.54) is 0 Å². The molecule has 1 radical (unpaired) electrons. The smallest absolute Gasteiger partial charge is 0.804 e. The van der Waals surface area contributed by atoms with Crippen LogP contribution in [0.5, 0.6) is 0 Å². The molecule has 0 rings (SSSR count). The van der Waals surface area contributed by atoms with Crippen LogP contribution < -0.4 is 14.7 Å². The fourth-order valence-electron chi connectivity index (χ4n) is 0. The van der Waals surface area contributed by atoms with Crippen molar-refractivity contribution in [3.8, 4) is 0 Å². The van der Waals surface area contributed by atoms with Crippen molar-refractivity contribution < 1.29 is 47.9 Å². The molecule has 0 aromatic rings. The van der Waals surface area contributed by atoms with Crippen molar-refractivity contribution in [1.29, 1.82) is 0 Å². The predicted octanol–water partition coefficient (Wildman–Crippen LogP) is -2.95. The quantitative estimate of drug-likeness (QED) is 0.348. The molecule has 6 nitrogen and oxygen atoms in total. The van der Waals surface area contributed by atoms with Crippen molar-refractivity contribution in [3.63, 3.8) is 0 Å². The Kier molecular flexibility index (Phi) is 110. The molecule has 10 heteroatoms. The van der Waals surface area contributed by atoms with Crippen molar-refractivity contribution in [2.75, 3.05) is 0 Å². The second kappa shape index (κ2) is 49.0. The first-order valence-electron chi connectivity index (χ1n) is 1.41. The molecule has 0 fully saturated rings. The summed E-state index contributed by atoms with van der Waals surface area (Å²) in [5, 5.41) is 0. The zero-order valence-electron chi connectivity index (χ0n) is 4.54. The molecule has 65 valence electrons. The molecule has 0 aliphatic rings. The fourth-order valence-corrected chi connectivity index (χ4v) is 0. The summed E-state index contributed by atoms with van der Waals surface area (Å²) in [6.45, 7) is 0. The van der Waals surface area contributed by atoms with Gasteiger partial charge in [0.15, 0.2) is 0 Å². The number of hydrogen-bond acceptors (Lipinski definition) is 6. The normalized spacial score (nSPS) is 8.70. The van der Waals surface area contributed by atoms with E-state index in [-0.39, 0.29) is 19.5 Å². The fraction of sp³-hybridized carbons (Fsp3) is 0. The Morgan fingerprint density at radius 3 is 0.700 bits per heavy atom. The van der Waals surface area contributed by atoms with Crippen LogP contribution in [-0.4, -0.2) is 0 Å². The van der Waals surface area contributed by atoms with Gasteiger partial charge in [0.05, 0.1) is 0 Å². The van der Waals surface area contributed by atoms with Crippen LogP contribution in [0.1, 0.15) is 0 Å². The maximum Gasteiger partial charge on any atom is 3.00 e. The van der Waals surface area contributed by atoms with Crippen molar-refractivity contribution in [2.24, 2.45) is 0 Å². The van der Waals surface area contributed by atoms with Gasteiger partial charge in [0.2, 0.25) is 0 Å². The Hall–Kier alpha value is 1.19. The van der Waals surface area contributed by atoms with Gasteiger partial charge in [-0.25, -0.2) is 0 Å². The maximum absolute atomic E-state index is 8.46. The minimum absolute atomic E-state index is 0. The van der Waals surface area contributed by atoms with Crippen molar-refractivity contribution in [1.82, 2.24) is 0 Å². The number of rotatable bonds is 0. The van der Waals surface area contributed by atoms with E-state index >= 15 is 0 Å². The molecule has 3 unspecified atom stereocenters. The predicted molar refractivity (Wildman–Crippen MR) is 31.2 cm³/mol. The number of hydrogen-bond donors (Lipinski definition) is 0. The van der Waals surface area contributed by atoms with Crippen LogP contribution in [0, 0.1) is 0 Å². The Morgan fingerprint density at radius 1 is 0.700 bits per heavy atom. The van der Waals surface area contributed by atoms with Gasteiger partial charge in [0.25, 0.3) is 0 Å². The van der Waals surface area contributed by atoms with E-state index in [2.05, 4.69) is 0 Å². The summed E-state index contributed by atoms with van der Waals surface area (Å²) in [5.74, 6) is 0. The summed E-state index contributed by atoms with van der Waals surface area (Å²) in [4.78, 5) is 25.4. The van der Waals surface area contributed by atoms with Crippen LogP contribution in [0.4, 0.5) is 0 Å². The summed E-state index contributed by atoms with van der Waals surface area (Å²) < 4.78 is 25.4. The minimum Gasteiger partial charge on any atom is -0.804 e. The Bertz CT molecular complexity index is 49.7. The molecule has 0 aliphatic carbocycles. The van der Waals surface area contributed by atoms with Gasteiger partial charge in [0.1, 0.15) is 0 Å². The molecule has 0 bridgehead atoms. The molecule has 0 N–H and O–H groups in total. The Labute approximate surface area is 74.3 Å². The van der Waals surface area contributed by atoms with Crippen molar-refractivity contribution in [3.05, 3.63) is 0 Å². The van der Waals surface area contributed by atoms with E-state index in [0.29, 0.717) is 0 Å². The standard InChI is InChI=1S/3H3O2P.Ru/c3*1-3-2;/h3*3H2,(H,1,2);/q;;;+3/p-3. The molecule has 0 aliphatic heterocycles. The van der Waals surface area contributed by atoms with Gasteiger partial charge in [0, 0.05) is 0 Å². The average molecular weight is 296 g/mol. The van der Waals surface area contributed by atoms with Crippen LogP contribution in [-0.2, 0) is 33.2 Å². The molecule has 0 saturated carbocycles. The average Bonchev–Trinajstić information content (AvgIpc) is 1.70. The van der Waals surface area contributed by atoms with Gasteiger partial charge in [-0.15, -0.1) is 0 Å². The van der Waals surface area contributed by atoms with Crippen molar-refractivity contribution >= 4 is 26.1 Å². The zero-order chi connectivity index (χ0) is 8.12. The van der Waals surface area contributed by atoms with E-state index in [9.17, 15) is 0 Å². The van der Waals surface area contributed by atoms with E-state index in [0.717, 1.165) is 0 Å². The monoisotopic (exact) mass is 297 g/mol. The maximum atomic E-state index is 8.46. The van der Waals surface area contributed by atoms with Crippen LogP contribution in [0.25, 0.3) is 0 Å². The van der Waals surface area contributed by atoms with Crippen LogP contribution >= 0.6 is 26.1 Å². The molecule has 0 aromatic carbocycles. The third-order valence-electron chi connectivity index (χ3n) is 0. The second-order valence-electron chi connectivity index (χ2n) is 0.289. The van der Waals surface area contributed by atoms with Crippen LogP contribution in [0.2, 0.25) is 0 Å². The minimum atomic E-state index is -1.75. The summed E-state index contributed by atoms with van der Waals surface area (Å²) in [6.07, 6.45) is 0. The molecule has 10 heavy (non-hydrogen) atoms. The zero-order valence-corrected chi connectivity index (χ0v) is 9.74. The molecule has 0 spiro atoms. The third kappa shape index (κ3) is 433. The van der Waals surface area contributed by atoms with Crippen LogP contribution in [0.3, 0.4) is 0 Å². The van der Waals surface area contributed by atoms with E-state index in [1.807, 2.05) is 0 Å².